The summed E-state index contributed by atoms with van der Waals surface area (Å²) < 4.78 is 39.9. The average molecular weight is 196 g/mol. The Morgan fingerprint density at radius 1 is 1.38 bits per heavy atom. The van der Waals surface area contributed by atoms with E-state index in [2.05, 4.69) is 4.74 Å². The van der Waals surface area contributed by atoms with Gasteiger partial charge in [-0.15, -0.1) is 0 Å². The molecule has 13 heavy (non-hydrogen) atoms. The van der Waals surface area contributed by atoms with Crippen molar-refractivity contribution in [2.45, 2.75) is 26.4 Å². The van der Waals surface area contributed by atoms with Gasteiger partial charge in [0.2, 0.25) is 0 Å². The molecule has 0 aliphatic rings. The predicted molar refractivity (Wildman–Crippen MR) is 41.1 cm³/mol. The molecule has 0 atom stereocenters. The number of carbonyl (C=O) groups excluding carboxylic acids is 1. The maximum absolute atomic E-state index is 11.8. The molecule has 0 heterocycles. The van der Waals surface area contributed by atoms with Gasteiger partial charge in [0, 0.05) is 11.6 Å². The van der Waals surface area contributed by atoms with Crippen molar-refractivity contribution < 1.29 is 22.7 Å². The van der Waals surface area contributed by atoms with Crippen molar-refractivity contribution in [3.63, 3.8) is 0 Å². The molecule has 0 unspecified atom stereocenters. The molecule has 0 aromatic carbocycles. The number of rotatable bonds is 3. The first-order chi connectivity index (χ1) is 5.90. The number of ether oxygens (including phenoxy) is 1. The Morgan fingerprint density at radius 2 is 1.92 bits per heavy atom. The molecule has 0 spiro atoms. The number of alkyl halides is 3. The lowest BCUT2D eigenvalue weighted by Gasteiger charge is -2.05. The number of esters is 1. The summed E-state index contributed by atoms with van der Waals surface area (Å²) in [5.74, 6) is -0.901. The van der Waals surface area contributed by atoms with Crippen molar-refractivity contribution >= 4 is 5.97 Å². The third-order valence-electron chi connectivity index (χ3n) is 1.26. The van der Waals surface area contributed by atoms with E-state index in [0.29, 0.717) is 0 Å². The molecule has 0 radical (unpaired) electrons. The molecule has 0 saturated heterocycles. The quantitative estimate of drug-likeness (QED) is 0.512. The van der Waals surface area contributed by atoms with E-state index >= 15 is 0 Å². The van der Waals surface area contributed by atoms with Crippen molar-refractivity contribution in [2.75, 3.05) is 6.61 Å². The highest BCUT2D eigenvalue weighted by Gasteiger charge is 2.26. The molecular weight excluding hydrogens is 185 g/mol. The topological polar surface area (TPSA) is 26.3 Å². The Balaban J connectivity index is 4.50. The molecule has 0 fully saturated rings. The van der Waals surface area contributed by atoms with Crippen LogP contribution < -0.4 is 0 Å². The fourth-order valence-corrected chi connectivity index (χ4v) is 0.727. The van der Waals surface area contributed by atoms with Gasteiger partial charge in [-0.2, -0.15) is 13.2 Å². The average Bonchev–Trinajstić information content (AvgIpc) is 1.99. The van der Waals surface area contributed by atoms with Crippen LogP contribution in [-0.4, -0.2) is 18.8 Å². The maximum Gasteiger partial charge on any atom is 0.410 e. The van der Waals surface area contributed by atoms with Crippen molar-refractivity contribution in [1.82, 2.24) is 0 Å². The third kappa shape index (κ3) is 5.27. The van der Waals surface area contributed by atoms with Crippen LogP contribution in [0.4, 0.5) is 13.2 Å². The fraction of sp³-hybridized carbons (Fsp3) is 0.625. The van der Waals surface area contributed by atoms with E-state index in [1.807, 2.05) is 0 Å². The lowest BCUT2D eigenvalue weighted by molar-refractivity contribution is -0.139. The Labute approximate surface area is 74.4 Å². The van der Waals surface area contributed by atoms with Crippen LogP contribution >= 0.6 is 0 Å². The van der Waals surface area contributed by atoms with Gasteiger partial charge in [-0.1, -0.05) is 6.92 Å². The van der Waals surface area contributed by atoms with Crippen LogP contribution in [0.3, 0.4) is 0 Å². The molecule has 0 aliphatic carbocycles. The molecule has 0 rings (SSSR count). The lowest BCUT2D eigenvalue weighted by atomic mass is 10.2. The molecule has 2 nitrogen and oxygen atoms in total. The third-order valence-corrected chi connectivity index (χ3v) is 1.26. The van der Waals surface area contributed by atoms with E-state index in [1.165, 1.54) is 6.92 Å². The molecular formula is C8H11F3O2. The van der Waals surface area contributed by atoms with Crippen LogP contribution in [0.5, 0.6) is 0 Å². The van der Waals surface area contributed by atoms with E-state index in [-0.39, 0.29) is 24.7 Å². The zero-order valence-corrected chi connectivity index (χ0v) is 7.44. The highest BCUT2D eigenvalue weighted by Crippen LogP contribution is 2.20. The summed E-state index contributed by atoms with van der Waals surface area (Å²) in [5, 5.41) is 0. The lowest BCUT2D eigenvalue weighted by Crippen LogP contribution is -2.12. The van der Waals surface area contributed by atoms with E-state index in [0.717, 1.165) is 0 Å². The molecule has 0 aliphatic heterocycles. The molecule has 0 amide bonds. The van der Waals surface area contributed by atoms with E-state index in [1.54, 1.807) is 6.92 Å². The smallest absolute Gasteiger partial charge is 0.410 e. The zero-order chi connectivity index (χ0) is 10.5. The van der Waals surface area contributed by atoms with Crippen LogP contribution in [0, 0.1) is 0 Å². The van der Waals surface area contributed by atoms with Gasteiger partial charge in [0.15, 0.2) is 0 Å². The maximum atomic E-state index is 11.8. The number of halogens is 3. The van der Waals surface area contributed by atoms with Gasteiger partial charge < -0.3 is 4.74 Å². The largest absolute Gasteiger partial charge is 0.463 e. The Kier molecular flexibility index (Phi) is 4.51. The van der Waals surface area contributed by atoms with E-state index in [9.17, 15) is 18.0 Å². The first-order valence-corrected chi connectivity index (χ1v) is 3.86. The number of hydrogen-bond donors (Lipinski definition) is 0. The van der Waals surface area contributed by atoms with Gasteiger partial charge in [0.25, 0.3) is 0 Å². The molecule has 76 valence electrons. The minimum atomic E-state index is -4.46. The molecule has 0 bridgehead atoms. The standard InChI is InChI=1S/C8H11F3O2/c1-3-6(5-8(9,10)11)7(12)13-4-2/h5H,3-4H2,1-2H3/b6-5-. The Morgan fingerprint density at radius 3 is 2.23 bits per heavy atom. The van der Waals surface area contributed by atoms with Crippen molar-refractivity contribution in [3.8, 4) is 0 Å². The summed E-state index contributed by atoms with van der Waals surface area (Å²) in [5.41, 5.74) is -0.352. The molecule has 0 saturated carbocycles. The van der Waals surface area contributed by atoms with Gasteiger partial charge in [0.05, 0.1) is 6.61 Å². The summed E-state index contributed by atoms with van der Waals surface area (Å²) in [4.78, 5) is 10.9. The second-order valence-electron chi connectivity index (χ2n) is 2.29. The fourth-order valence-electron chi connectivity index (χ4n) is 0.727. The van der Waals surface area contributed by atoms with Gasteiger partial charge in [-0.05, 0) is 13.3 Å². The predicted octanol–water partition coefficient (Wildman–Crippen LogP) is 2.45. The zero-order valence-electron chi connectivity index (χ0n) is 7.44. The number of allylic oxidation sites excluding steroid dienone is 1. The first kappa shape index (κ1) is 12.0. The number of hydrogen-bond acceptors (Lipinski definition) is 2. The van der Waals surface area contributed by atoms with Crippen LogP contribution in [-0.2, 0) is 9.53 Å². The summed E-state index contributed by atoms with van der Waals surface area (Å²) in [6.07, 6.45) is -4.47. The van der Waals surface area contributed by atoms with Gasteiger partial charge >= 0.3 is 12.1 Å². The highest BCUT2D eigenvalue weighted by atomic mass is 19.4. The van der Waals surface area contributed by atoms with Gasteiger partial charge in [0.1, 0.15) is 0 Å². The Hall–Kier alpha value is -1.00. The summed E-state index contributed by atoms with van der Waals surface area (Å²) in [6.45, 7) is 3.08. The summed E-state index contributed by atoms with van der Waals surface area (Å²) in [7, 11) is 0. The molecule has 0 aromatic rings. The van der Waals surface area contributed by atoms with E-state index in [4.69, 9.17) is 0 Å². The first-order valence-electron chi connectivity index (χ1n) is 3.86. The second-order valence-corrected chi connectivity index (χ2v) is 2.29. The molecule has 5 heteroatoms. The van der Waals surface area contributed by atoms with E-state index < -0.39 is 12.1 Å². The minimum absolute atomic E-state index is 0.0122. The van der Waals surface area contributed by atoms with Crippen LogP contribution in [0.2, 0.25) is 0 Å². The molecule has 0 aromatic heterocycles. The SMILES string of the molecule is CCOC(=O)/C(=C\C(F)(F)F)CC. The monoisotopic (exact) mass is 196 g/mol. The van der Waals surface area contributed by atoms with Gasteiger partial charge in [-0.3, -0.25) is 0 Å². The summed E-state index contributed by atoms with van der Waals surface area (Å²) >= 11 is 0. The number of carbonyl (C=O) groups is 1. The van der Waals surface area contributed by atoms with Crippen molar-refractivity contribution in [3.05, 3.63) is 11.6 Å². The van der Waals surface area contributed by atoms with Crippen LogP contribution in [0.15, 0.2) is 11.6 Å². The Bertz CT molecular complexity index is 206. The van der Waals surface area contributed by atoms with Gasteiger partial charge in [-0.25, -0.2) is 4.79 Å². The summed E-state index contributed by atoms with van der Waals surface area (Å²) in [6, 6.07) is 0. The molecule has 0 N–H and O–H groups in total. The van der Waals surface area contributed by atoms with Crippen LogP contribution in [0.1, 0.15) is 20.3 Å². The van der Waals surface area contributed by atoms with Crippen LogP contribution in [0.25, 0.3) is 0 Å². The highest BCUT2D eigenvalue weighted by molar-refractivity contribution is 5.88. The van der Waals surface area contributed by atoms with Crippen molar-refractivity contribution in [1.29, 1.82) is 0 Å². The minimum Gasteiger partial charge on any atom is -0.463 e. The normalized spacial score (nSPS) is 12.8. The second kappa shape index (κ2) is 4.89. The van der Waals surface area contributed by atoms with Crippen molar-refractivity contribution in [2.24, 2.45) is 0 Å².